The van der Waals surface area contributed by atoms with Crippen LogP contribution in [-0.4, -0.2) is 43.8 Å². The fraction of sp³-hybridized carbons (Fsp3) is 0.467. The van der Waals surface area contributed by atoms with Gasteiger partial charge in [-0.3, -0.25) is 9.52 Å². The third-order valence-corrected chi connectivity index (χ3v) is 8.46. The molecule has 0 fully saturated rings. The highest BCUT2D eigenvalue weighted by Crippen LogP contribution is 2.40. The van der Waals surface area contributed by atoms with Gasteiger partial charge in [0, 0.05) is 17.5 Å². The number of nitrogens with zero attached hydrogens (tertiary/aromatic N) is 5. The van der Waals surface area contributed by atoms with E-state index in [-0.39, 0.29) is 34.3 Å². The van der Waals surface area contributed by atoms with Crippen LogP contribution in [0.2, 0.25) is 0 Å². The first kappa shape index (κ1) is 29.6. The Morgan fingerprint density at radius 1 is 1.14 bits per heavy atom. The van der Waals surface area contributed by atoms with Crippen LogP contribution in [-0.2, 0) is 27.4 Å². The Hall–Kier alpha value is -3.93. The highest BCUT2D eigenvalue weighted by atomic mass is 32.2. The van der Waals surface area contributed by atoms with Gasteiger partial charge in [0.25, 0.3) is 5.91 Å². The SMILES string of the molecule is COc1c(NC(=O)c2ccc(C)c(N3CC(c4cnc5n4C(C)(C)CC5)N=N3)c2)cc(C(C)(C)C)cc1NS(C)(=O)=O. The molecular weight excluding hydrogens is 554 g/mol. The van der Waals surface area contributed by atoms with Crippen molar-refractivity contribution in [2.75, 3.05) is 35.0 Å². The van der Waals surface area contributed by atoms with Crippen molar-refractivity contribution >= 4 is 33.0 Å². The highest BCUT2D eigenvalue weighted by molar-refractivity contribution is 7.92. The van der Waals surface area contributed by atoms with E-state index in [1.54, 1.807) is 18.2 Å². The van der Waals surface area contributed by atoms with E-state index in [1.165, 1.54) is 7.11 Å². The maximum Gasteiger partial charge on any atom is 0.255 e. The summed E-state index contributed by atoms with van der Waals surface area (Å²) in [7, 11) is -2.16. The van der Waals surface area contributed by atoms with Crippen molar-refractivity contribution in [3.63, 3.8) is 0 Å². The number of imidazole rings is 1. The summed E-state index contributed by atoms with van der Waals surface area (Å²) in [6, 6.07) is 8.81. The summed E-state index contributed by atoms with van der Waals surface area (Å²) < 4.78 is 34.5. The Kier molecular flexibility index (Phi) is 7.33. The summed E-state index contributed by atoms with van der Waals surface area (Å²) in [5.74, 6) is 0.940. The van der Waals surface area contributed by atoms with Crippen molar-refractivity contribution in [2.45, 2.75) is 71.4 Å². The van der Waals surface area contributed by atoms with E-state index in [4.69, 9.17) is 4.74 Å². The summed E-state index contributed by atoms with van der Waals surface area (Å²) in [6.07, 6.45) is 4.98. The number of fused-ring (bicyclic) bond motifs is 1. The van der Waals surface area contributed by atoms with E-state index in [1.807, 2.05) is 51.0 Å². The standard InChI is InChI=1S/C30H39N7O4S/c1-18-9-10-19(13-24(18)36-17-23(33-35-36)25-16-31-26-11-12-30(5,6)37(25)26)28(38)32-21-14-20(29(2,3)4)15-22(27(21)41-7)34-42(8,39)40/h9-10,13-16,23,34H,11-12,17H2,1-8H3,(H,32,38). The van der Waals surface area contributed by atoms with Crippen molar-refractivity contribution in [1.29, 1.82) is 0 Å². The van der Waals surface area contributed by atoms with E-state index in [2.05, 4.69) is 43.8 Å². The zero-order valence-electron chi connectivity index (χ0n) is 25.4. The van der Waals surface area contributed by atoms with Crippen LogP contribution in [0.3, 0.4) is 0 Å². The second-order valence-electron chi connectivity index (χ2n) is 12.7. The molecule has 12 heteroatoms. The van der Waals surface area contributed by atoms with E-state index >= 15 is 0 Å². The molecule has 1 unspecified atom stereocenters. The van der Waals surface area contributed by atoms with Crippen LogP contribution in [0.4, 0.5) is 17.1 Å². The van der Waals surface area contributed by atoms with Crippen LogP contribution in [0.1, 0.15) is 80.1 Å². The number of benzene rings is 2. The summed E-state index contributed by atoms with van der Waals surface area (Å²) in [5, 5.41) is 13.8. The van der Waals surface area contributed by atoms with Crippen molar-refractivity contribution in [2.24, 2.45) is 10.3 Å². The van der Waals surface area contributed by atoms with Gasteiger partial charge in [0.1, 0.15) is 11.9 Å². The fourth-order valence-corrected chi connectivity index (χ4v) is 6.13. The molecule has 3 aromatic rings. The number of methoxy groups -OCH3 is 1. The predicted octanol–water partition coefficient (Wildman–Crippen LogP) is 5.73. The number of rotatable bonds is 7. The number of ether oxygens (including phenoxy) is 1. The minimum atomic E-state index is -3.59. The Bertz CT molecular complexity index is 1690. The number of aromatic nitrogens is 2. The van der Waals surface area contributed by atoms with E-state index in [0.717, 1.165) is 47.4 Å². The largest absolute Gasteiger partial charge is 0.492 e. The van der Waals surface area contributed by atoms with Crippen molar-refractivity contribution < 1.29 is 17.9 Å². The van der Waals surface area contributed by atoms with Crippen molar-refractivity contribution in [1.82, 2.24) is 9.55 Å². The van der Waals surface area contributed by atoms with Gasteiger partial charge in [0.15, 0.2) is 5.75 Å². The molecule has 1 amide bonds. The second kappa shape index (κ2) is 10.4. The lowest BCUT2D eigenvalue weighted by Gasteiger charge is -2.25. The van der Waals surface area contributed by atoms with Crippen LogP contribution in [0.15, 0.2) is 46.9 Å². The maximum atomic E-state index is 13.6. The number of hydrogen-bond acceptors (Lipinski definition) is 8. The first-order chi connectivity index (χ1) is 19.6. The molecule has 3 heterocycles. The fourth-order valence-electron chi connectivity index (χ4n) is 5.58. The summed E-state index contributed by atoms with van der Waals surface area (Å²) in [5.41, 5.74) is 4.31. The van der Waals surface area contributed by atoms with Crippen LogP contribution < -0.4 is 19.8 Å². The van der Waals surface area contributed by atoms with E-state index < -0.39 is 10.0 Å². The zero-order valence-corrected chi connectivity index (χ0v) is 26.3. The summed E-state index contributed by atoms with van der Waals surface area (Å²) in [4.78, 5) is 18.2. The average Bonchev–Trinajstić information content (AvgIpc) is 3.60. The molecule has 2 aliphatic rings. The predicted molar refractivity (Wildman–Crippen MR) is 164 cm³/mol. The number of nitrogens with one attached hydrogen (secondary N) is 2. The Morgan fingerprint density at radius 3 is 2.52 bits per heavy atom. The van der Waals surface area contributed by atoms with E-state index in [9.17, 15) is 13.2 Å². The molecule has 0 radical (unpaired) electrons. The van der Waals surface area contributed by atoms with Crippen LogP contribution in [0, 0.1) is 6.92 Å². The molecule has 0 aliphatic carbocycles. The Balaban J connectivity index is 1.42. The molecule has 2 aromatic carbocycles. The number of sulfonamides is 1. The van der Waals surface area contributed by atoms with E-state index in [0.29, 0.717) is 17.8 Å². The molecule has 0 bridgehead atoms. The third-order valence-electron chi connectivity index (χ3n) is 7.87. The molecule has 2 aliphatic heterocycles. The van der Waals surface area contributed by atoms with Gasteiger partial charge < -0.3 is 14.6 Å². The summed E-state index contributed by atoms with van der Waals surface area (Å²) in [6.45, 7) is 13.0. The van der Waals surface area contributed by atoms with Crippen LogP contribution in [0.25, 0.3) is 0 Å². The Labute approximate surface area is 247 Å². The number of carbonyl (C=O) groups is 1. The topological polar surface area (TPSA) is 130 Å². The van der Waals surface area contributed by atoms with Crippen LogP contribution in [0.5, 0.6) is 5.75 Å². The molecule has 224 valence electrons. The van der Waals surface area contributed by atoms with Gasteiger partial charge in [-0.15, -0.1) is 0 Å². The second-order valence-corrected chi connectivity index (χ2v) is 14.5. The molecule has 2 N–H and O–H groups in total. The molecule has 0 spiro atoms. The molecule has 42 heavy (non-hydrogen) atoms. The number of carbonyl (C=O) groups excluding carboxylic acids is 1. The number of anilines is 3. The lowest BCUT2D eigenvalue weighted by atomic mass is 9.86. The lowest BCUT2D eigenvalue weighted by Crippen LogP contribution is -2.26. The van der Waals surface area contributed by atoms with Crippen LogP contribution >= 0.6 is 0 Å². The first-order valence-electron chi connectivity index (χ1n) is 13.9. The van der Waals surface area contributed by atoms with Gasteiger partial charge in [-0.2, -0.15) is 5.11 Å². The van der Waals surface area contributed by atoms with Gasteiger partial charge in [0.05, 0.1) is 48.9 Å². The van der Waals surface area contributed by atoms with Gasteiger partial charge in [-0.1, -0.05) is 32.1 Å². The quantitative estimate of drug-likeness (QED) is 0.360. The van der Waals surface area contributed by atoms with Crippen molar-refractivity contribution in [3.05, 3.63) is 64.7 Å². The number of hydrogen-bond donors (Lipinski definition) is 2. The zero-order chi connectivity index (χ0) is 30.6. The summed E-state index contributed by atoms with van der Waals surface area (Å²) >= 11 is 0. The van der Waals surface area contributed by atoms with Gasteiger partial charge >= 0.3 is 0 Å². The molecule has 1 aromatic heterocycles. The molecule has 0 saturated heterocycles. The normalized spacial score (nSPS) is 17.8. The minimum Gasteiger partial charge on any atom is -0.492 e. The highest BCUT2D eigenvalue weighted by Gasteiger charge is 2.36. The Morgan fingerprint density at radius 2 is 1.86 bits per heavy atom. The molecule has 0 saturated carbocycles. The first-order valence-corrected chi connectivity index (χ1v) is 15.8. The number of aryl methyl sites for hydroxylation is 2. The molecule has 1 atom stereocenters. The minimum absolute atomic E-state index is 0.0138. The average molecular weight is 594 g/mol. The molecule has 11 nitrogen and oxygen atoms in total. The maximum absolute atomic E-state index is 13.6. The number of amides is 1. The van der Waals surface area contributed by atoms with Crippen molar-refractivity contribution in [3.8, 4) is 5.75 Å². The van der Waals surface area contributed by atoms with Gasteiger partial charge in [-0.05, 0) is 68.0 Å². The molecular formula is C30H39N7O4S. The monoisotopic (exact) mass is 593 g/mol. The smallest absolute Gasteiger partial charge is 0.255 e. The lowest BCUT2D eigenvalue weighted by molar-refractivity contribution is 0.102. The van der Waals surface area contributed by atoms with Gasteiger partial charge in [0.2, 0.25) is 10.0 Å². The molecule has 5 rings (SSSR count). The third kappa shape index (κ3) is 5.72. The van der Waals surface area contributed by atoms with Gasteiger partial charge in [-0.25, -0.2) is 18.4 Å².